The van der Waals surface area contributed by atoms with Crippen LogP contribution in [0.25, 0.3) is 0 Å². The van der Waals surface area contributed by atoms with Crippen LogP contribution in [0.15, 0.2) is 36.4 Å². The van der Waals surface area contributed by atoms with Crippen LogP contribution in [0.3, 0.4) is 0 Å². The van der Waals surface area contributed by atoms with Crippen LogP contribution < -0.4 is 24.3 Å². The maximum absolute atomic E-state index is 12.5. The fourth-order valence-electron chi connectivity index (χ4n) is 2.47. The summed E-state index contributed by atoms with van der Waals surface area (Å²) >= 11 is 0. The summed E-state index contributed by atoms with van der Waals surface area (Å²) in [6.07, 6.45) is 0. The maximum atomic E-state index is 12.5. The highest BCUT2D eigenvalue weighted by atomic mass is 16.5. The van der Waals surface area contributed by atoms with Crippen LogP contribution in [-0.4, -0.2) is 44.4 Å². The first kappa shape index (κ1) is 20.9. The van der Waals surface area contributed by atoms with Gasteiger partial charge in [-0.3, -0.25) is 4.79 Å². The summed E-state index contributed by atoms with van der Waals surface area (Å²) in [5.41, 5.74) is 1.12. The van der Waals surface area contributed by atoms with E-state index in [4.69, 9.17) is 24.1 Å². The minimum absolute atomic E-state index is 0.237. The van der Waals surface area contributed by atoms with Crippen LogP contribution in [0.1, 0.15) is 22.8 Å². The third-order valence-electron chi connectivity index (χ3n) is 3.78. The fraction of sp³-hybridized carbons (Fsp3) is 0.300. The number of nitrogens with one attached hydrogen (secondary N) is 1. The maximum Gasteiger partial charge on any atom is 0.341 e. The van der Waals surface area contributed by atoms with E-state index in [2.05, 4.69) is 5.32 Å². The smallest absolute Gasteiger partial charge is 0.341 e. The number of aliphatic carboxylic acids is 1. The van der Waals surface area contributed by atoms with Gasteiger partial charge in [0.25, 0.3) is 5.91 Å². The number of carbonyl (C=O) groups is 2. The second-order valence-electron chi connectivity index (χ2n) is 5.64. The number of amides is 1. The van der Waals surface area contributed by atoms with Crippen molar-refractivity contribution in [3.05, 3.63) is 47.5 Å². The van der Waals surface area contributed by atoms with Crippen molar-refractivity contribution in [1.82, 2.24) is 5.32 Å². The Kier molecular flexibility index (Phi) is 7.50. The molecule has 0 aromatic heterocycles. The lowest BCUT2D eigenvalue weighted by Crippen LogP contribution is -2.23. The summed E-state index contributed by atoms with van der Waals surface area (Å²) in [5, 5.41) is 11.6. The minimum atomic E-state index is -1.10. The third kappa shape index (κ3) is 5.54. The summed E-state index contributed by atoms with van der Waals surface area (Å²) in [6.45, 7) is 1.86. The van der Waals surface area contributed by atoms with Crippen molar-refractivity contribution in [2.75, 3.05) is 27.4 Å². The number of carbonyl (C=O) groups excluding carboxylic acids is 1. The third-order valence-corrected chi connectivity index (χ3v) is 3.78. The predicted octanol–water partition coefficient (Wildman–Crippen LogP) is 2.50. The molecule has 0 spiro atoms. The molecule has 150 valence electrons. The van der Waals surface area contributed by atoms with Gasteiger partial charge in [-0.1, -0.05) is 0 Å². The van der Waals surface area contributed by atoms with Crippen LogP contribution in [0.2, 0.25) is 0 Å². The minimum Gasteiger partial charge on any atom is -0.497 e. The molecule has 2 N–H and O–H groups in total. The molecular formula is C20H23NO7. The number of carboxylic acids is 1. The van der Waals surface area contributed by atoms with E-state index < -0.39 is 12.6 Å². The Morgan fingerprint density at radius 3 is 2.36 bits per heavy atom. The van der Waals surface area contributed by atoms with Crippen molar-refractivity contribution in [3.63, 3.8) is 0 Å². The van der Waals surface area contributed by atoms with E-state index >= 15 is 0 Å². The molecule has 0 saturated carbocycles. The second kappa shape index (κ2) is 10.1. The van der Waals surface area contributed by atoms with E-state index in [-0.39, 0.29) is 18.2 Å². The molecule has 2 aromatic carbocycles. The first-order valence-corrected chi connectivity index (χ1v) is 8.59. The molecule has 28 heavy (non-hydrogen) atoms. The zero-order valence-corrected chi connectivity index (χ0v) is 16.0. The molecule has 0 saturated heterocycles. The molecule has 0 unspecified atom stereocenters. The van der Waals surface area contributed by atoms with Gasteiger partial charge in [-0.25, -0.2) is 4.79 Å². The van der Waals surface area contributed by atoms with Crippen molar-refractivity contribution < 1.29 is 33.6 Å². The quantitative estimate of drug-likeness (QED) is 0.643. The SMILES string of the molecule is CCOc1cc(C(=O)NCc2cc(OC)ccc2OC)ccc1OCC(=O)O. The lowest BCUT2D eigenvalue weighted by Gasteiger charge is -2.14. The topological polar surface area (TPSA) is 103 Å². The highest BCUT2D eigenvalue weighted by molar-refractivity contribution is 5.94. The van der Waals surface area contributed by atoms with Gasteiger partial charge in [0.05, 0.1) is 20.8 Å². The van der Waals surface area contributed by atoms with Gasteiger partial charge in [0.2, 0.25) is 0 Å². The molecule has 8 nitrogen and oxygen atoms in total. The molecule has 0 atom stereocenters. The first-order chi connectivity index (χ1) is 13.5. The van der Waals surface area contributed by atoms with Crippen molar-refractivity contribution in [2.45, 2.75) is 13.5 Å². The number of ether oxygens (including phenoxy) is 4. The van der Waals surface area contributed by atoms with Crippen LogP contribution in [0.5, 0.6) is 23.0 Å². The van der Waals surface area contributed by atoms with Crippen molar-refractivity contribution in [1.29, 1.82) is 0 Å². The Morgan fingerprint density at radius 2 is 1.71 bits per heavy atom. The lowest BCUT2D eigenvalue weighted by atomic mass is 10.1. The normalized spacial score (nSPS) is 10.1. The highest BCUT2D eigenvalue weighted by Crippen LogP contribution is 2.29. The van der Waals surface area contributed by atoms with Gasteiger partial charge < -0.3 is 29.4 Å². The van der Waals surface area contributed by atoms with Gasteiger partial charge in [-0.15, -0.1) is 0 Å². The molecule has 1 amide bonds. The van der Waals surface area contributed by atoms with Crippen LogP contribution in [0.4, 0.5) is 0 Å². The highest BCUT2D eigenvalue weighted by Gasteiger charge is 2.14. The molecular weight excluding hydrogens is 366 g/mol. The Bertz CT molecular complexity index is 835. The van der Waals surface area contributed by atoms with Gasteiger partial charge in [-0.05, 0) is 43.3 Å². The van der Waals surface area contributed by atoms with Crippen molar-refractivity contribution >= 4 is 11.9 Å². The Balaban J connectivity index is 2.13. The Labute approximate surface area is 163 Å². The Morgan fingerprint density at radius 1 is 0.964 bits per heavy atom. The van der Waals surface area contributed by atoms with E-state index in [1.54, 1.807) is 39.3 Å². The van der Waals surface area contributed by atoms with Crippen LogP contribution in [0, 0.1) is 0 Å². The first-order valence-electron chi connectivity index (χ1n) is 8.59. The average Bonchev–Trinajstić information content (AvgIpc) is 2.70. The largest absolute Gasteiger partial charge is 0.497 e. The van der Waals surface area contributed by atoms with Crippen LogP contribution >= 0.6 is 0 Å². The number of carboxylic acid groups (broad SMARTS) is 1. The lowest BCUT2D eigenvalue weighted by molar-refractivity contribution is -0.139. The monoisotopic (exact) mass is 389 g/mol. The van der Waals surface area contributed by atoms with Crippen molar-refractivity contribution in [3.8, 4) is 23.0 Å². The number of rotatable bonds is 10. The Hall–Kier alpha value is -3.42. The van der Waals surface area contributed by atoms with Gasteiger partial charge >= 0.3 is 5.97 Å². The molecule has 0 radical (unpaired) electrons. The molecule has 0 aliphatic carbocycles. The zero-order valence-electron chi connectivity index (χ0n) is 16.0. The van der Waals surface area contributed by atoms with E-state index in [0.717, 1.165) is 5.56 Å². The van der Waals surface area contributed by atoms with Crippen molar-refractivity contribution in [2.24, 2.45) is 0 Å². The molecule has 0 fully saturated rings. The zero-order chi connectivity index (χ0) is 20.5. The van der Waals surface area contributed by atoms with E-state index in [1.165, 1.54) is 18.2 Å². The second-order valence-corrected chi connectivity index (χ2v) is 5.64. The van der Waals surface area contributed by atoms with Gasteiger partial charge in [-0.2, -0.15) is 0 Å². The summed E-state index contributed by atoms with van der Waals surface area (Å²) in [4.78, 5) is 23.2. The number of methoxy groups -OCH3 is 2. The number of benzene rings is 2. The molecule has 0 aliphatic rings. The van der Waals surface area contributed by atoms with Crippen LogP contribution in [-0.2, 0) is 11.3 Å². The van der Waals surface area contributed by atoms with Gasteiger partial charge in [0.1, 0.15) is 11.5 Å². The van der Waals surface area contributed by atoms with E-state index in [1.807, 2.05) is 0 Å². The van der Waals surface area contributed by atoms with Gasteiger partial charge in [0, 0.05) is 17.7 Å². The molecule has 8 heteroatoms. The molecule has 2 aromatic rings. The molecule has 0 heterocycles. The summed E-state index contributed by atoms with van der Waals surface area (Å²) < 4.78 is 21.1. The number of hydrogen-bond acceptors (Lipinski definition) is 6. The van der Waals surface area contributed by atoms with E-state index in [9.17, 15) is 9.59 Å². The molecule has 0 aliphatic heterocycles. The number of hydrogen-bond donors (Lipinski definition) is 2. The van der Waals surface area contributed by atoms with E-state index in [0.29, 0.717) is 29.4 Å². The standard InChI is InChI=1S/C20H23NO7/c1-4-27-18-10-13(5-7-17(18)28-12-19(22)23)20(24)21-11-14-9-15(25-2)6-8-16(14)26-3/h5-10H,4,11-12H2,1-3H3,(H,21,24)(H,22,23). The summed E-state index contributed by atoms with van der Waals surface area (Å²) in [5.74, 6) is 0.426. The molecule has 2 rings (SSSR count). The average molecular weight is 389 g/mol. The summed E-state index contributed by atoms with van der Waals surface area (Å²) in [7, 11) is 3.12. The predicted molar refractivity (Wildman–Crippen MR) is 101 cm³/mol. The fourth-order valence-corrected chi connectivity index (χ4v) is 2.47. The van der Waals surface area contributed by atoms with Gasteiger partial charge in [0.15, 0.2) is 18.1 Å². The summed E-state index contributed by atoms with van der Waals surface area (Å²) in [6, 6.07) is 9.88. The molecule has 0 bridgehead atoms.